The Bertz CT molecular complexity index is 763. The summed E-state index contributed by atoms with van der Waals surface area (Å²) in [5.74, 6) is 0.293. The molecule has 0 aliphatic rings. The Balaban J connectivity index is 2.33. The number of benzene rings is 1. The first-order chi connectivity index (χ1) is 8.75. The summed E-state index contributed by atoms with van der Waals surface area (Å²) in [4.78, 5) is 15.8. The maximum absolute atomic E-state index is 11.9. The van der Waals surface area contributed by atoms with Gasteiger partial charge in [0.05, 0.1) is 12.4 Å². The highest BCUT2D eigenvalue weighted by Crippen LogP contribution is 2.25. The van der Waals surface area contributed by atoms with Crippen molar-refractivity contribution in [2.24, 2.45) is 0 Å². The first-order valence-corrected chi connectivity index (χ1v) is 5.42. The third-order valence-corrected chi connectivity index (χ3v) is 2.68. The summed E-state index contributed by atoms with van der Waals surface area (Å²) in [6.07, 6.45) is 2.64. The van der Waals surface area contributed by atoms with Crippen LogP contribution in [0.15, 0.2) is 58.0 Å². The van der Waals surface area contributed by atoms with Crippen molar-refractivity contribution < 1.29 is 9.52 Å². The normalized spacial score (nSPS) is 10.7. The molecule has 4 nitrogen and oxygen atoms in total. The summed E-state index contributed by atoms with van der Waals surface area (Å²) < 4.78 is 5.59. The molecule has 2 heterocycles. The van der Waals surface area contributed by atoms with Crippen molar-refractivity contribution in [3.05, 3.63) is 59.0 Å². The number of aromatic nitrogens is 1. The average molecular weight is 239 g/mol. The van der Waals surface area contributed by atoms with E-state index >= 15 is 0 Å². The second-order valence-corrected chi connectivity index (χ2v) is 3.87. The van der Waals surface area contributed by atoms with Crippen LogP contribution in [0.2, 0.25) is 0 Å². The Hall–Kier alpha value is -2.62. The standard InChI is InChI=1S/C14H9NO3/c16-10-6-12(9-4-2-1-3-5-9)18-13-8-15-7-11(17)14(10)13/h1-8,17H. The lowest BCUT2D eigenvalue weighted by atomic mass is 10.1. The van der Waals surface area contributed by atoms with Crippen molar-refractivity contribution in [3.63, 3.8) is 0 Å². The smallest absolute Gasteiger partial charge is 0.197 e. The van der Waals surface area contributed by atoms with E-state index in [1.807, 2.05) is 30.3 Å². The summed E-state index contributed by atoms with van der Waals surface area (Å²) in [5.41, 5.74) is 0.802. The van der Waals surface area contributed by atoms with Gasteiger partial charge in [0, 0.05) is 11.6 Å². The average Bonchev–Trinajstić information content (AvgIpc) is 2.39. The Labute approximate surface area is 102 Å². The highest BCUT2D eigenvalue weighted by atomic mass is 16.3. The van der Waals surface area contributed by atoms with Crippen LogP contribution in [0.5, 0.6) is 5.75 Å². The molecule has 0 bridgehead atoms. The summed E-state index contributed by atoms with van der Waals surface area (Å²) >= 11 is 0. The van der Waals surface area contributed by atoms with Gasteiger partial charge in [-0.3, -0.25) is 9.78 Å². The van der Waals surface area contributed by atoms with Crippen LogP contribution >= 0.6 is 0 Å². The van der Waals surface area contributed by atoms with Crippen LogP contribution in [0.4, 0.5) is 0 Å². The first-order valence-electron chi connectivity index (χ1n) is 5.42. The number of hydrogen-bond acceptors (Lipinski definition) is 4. The molecule has 0 saturated heterocycles. The lowest BCUT2D eigenvalue weighted by Crippen LogP contribution is -2.01. The molecule has 3 rings (SSSR count). The minimum absolute atomic E-state index is 0.157. The van der Waals surface area contributed by atoms with Gasteiger partial charge >= 0.3 is 0 Å². The van der Waals surface area contributed by atoms with E-state index in [0.717, 1.165) is 5.56 Å². The predicted octanol–water partition coefficient (Wildman–Crippen LogP) is 2.56. The summed E-state index contributed by atoms with van der Waals surface area (Å²) in [7, 11) is 0. The number of fused-ring (bicyclic) bond motifs is 1. The second kappa shape index (κ2) is 4.00. The fourth-order valence-electron chi connectivity index (χ4n) is 1.84. The molecule has 0 atom stereocenters. The molecule has 0 amide bonds. The third kappa shape index (κ3) is 1.64. The summed E-state index contributed by atoms with van der Waals surface area (Å²) in [6, 6.07) is 10.7. The highest BCUT2D eigenvalue weighted by molar-refractivity contribution is 5.83. The van der Waals surface area contributed by atoms with E-state index in [1.165, 1.54) is 18.5 Å². The minimum atomic E-state index is -0.282. The lowest BCUT2D eigenvalue weighted by molar-refractivity contribution is 0.477. The number of pyridine rings is 1. The van der Waals surface area contributed by atoms with E-state index in [4.69, 9.17) is 4.42 Å². The molecule has 1 aromatic carbocycles. The van der Waals surface area contributed by atoms with Gasteiger partial charge in [-0.05, 0) is 0 Å². The van der Waals surface area contributed by atoms with E-state index in [1.54, 1.807) is 0 Å². The van der Waals surface area contributed by atoms with Crippen molar-refractivity contribution >= 4 is 11.0 Å². The highest BCUT2D eigenvalue weighted by Gasteiger charge is 2.10. The summed E-state index contributed by atoms with van der Waals surface area (Å²) in [6.45, 7) is 0. The molecule has 0 aliphatic heterocycles. The van der Waals surface area contributed by atoms with Crippen LogP contribution in [0.3, 0.4) is 0 Å². The van der Waals surface area contributed by atoms with Gasteiger partial charge in [0.1, 0.15) is 16.9 Å². The van der Waals surface area contributed by atoms with Crippen LogP contribution in [0.1, 0.15) is 0 Å². The molecular weight excluding hydrogens is 230 g/mol. The van der Waals surface area contributed by atoms with Crippen LogP contribution in [-0.2, 0) is 0 Å². The van der Waals surface area contributed by atoms with Crippen LogP contribution < -0.4 is 5.43 Å². The van der Waals surface area contributed by atoms with Gasteiger partial charge in [-0.1, -0.05) is 30.3 Å². The van der Waals surface area contributed by atoms with Gasteiger partial charge in [-0.2, -0.15) is 0 Å². The molecule has 1 N–H and O–H groups in total. The maximum atomic E-state index is 11.9. The van der Waals surface area contributed by atoms with E-state index < -0.39 is 0 Å². The zero-order valence-corrected chi connectivity index (χ0v) is 9.33. The monoisotopic (exact) mass is 239 g/mol. The SMILES string of the molecule is O=c1cc(-c2ccccc2)oc2cncc(O)c12. The topological polar surface area (TPSA) is 63.3 Å². The number of hydrogen-bond donors (Lipinski definition) is 1. The predicted molar refractivity (Wildman–Crippen MR) is 67.4 cm³/mol. The van der Waals surface area contributed by atoms with E-state index in [0.29, 0.717) is 5.76 Å². The Morgan fingerprint density at radius 2 is 1.89 bits per heavy atom. The van der Waals surface area contributed by atoms with Gasteiger partial charge in [0.25, 0.3) is 0 Å². The molecular formula is C14H9NO3. The maximum Gasteiger partial charge on any atom is 0.197 e. The van der Waals surface area contributed by atoms with Gasteiger partial charge in [0.2, 0.25) is 0 Å². The zero-order valence-electron chi connectivity index (χ0n) is 9.33. The van der Waals surface area contributed by atoms with Crippen LogP contribution in [-0.4, -0.2) is 10.1 Å². The molecule has 0 spiro atoms. The molecule has 0 fully saturated rings. The van der Waals surface area contributed by atoms with Crippen molar-refractivity contribution in [2.45, 2.75) is 0 Å². The van der Waals surface area contributed by atoms with Crippen molar-refractivity contribution in [1.29, 1.82) is 0 Å². The van der Waals surface area contributed by atoms with Crippen LogP contribution in [0.25, 0.3) is 22.3 Å². The molecule has 0 radical (unpaired) electrons. The van der Waals surface area contributed by atoms with Gasteiger partial charge in [0.15, 0.2) is 11.0 Å². The Kier molecular flexibility index (Phi) is 2.34. The number of nitrogens with zero attached hydrogens (tertiary/aromatic N) is 1. The zero-order chi connectivity index (χ0) is 12.5. The summed E-state index contributed by atoms with van der Waals surface area (Å²) in [5, 5.41) is 9.75. The third-order valence-electron chi connectivity index (χ3n) is 2.68. The van der Waals surface area contributed by atoms with Gasteiger partial charge in [-0.15, -0.1) is 0 Å². The lowest BCUT2D eigenvalue weighted by Gasteiger charge is -2.03. The van der Waals surface area contributed by atoms with Gasteiger partial charge in [-0.25, -0.2) is 0 Å². The fraction of sp³-hybridized carbons (Fsp3) is 0. The van der Waals surface area contributed by atoms with Gasteiger partial charge < -0.3 is 9.52 Å². The number of aromatic hydroxyl groups is 1. The first kappa shape index (κ1) is 10.5. The second-order valence-electron chi connectivity index (χ2n) is 3.87. The van der Waals surface area contributed by atoms with E-state index in [-0.39, 0.29) is 22.1 Å². The molecule has 0 aliphatic carbocycles. The van der Waals surface area contributed by atoms with E-state index in [2.05, 4.69) is 4.98 Å². The number of rotatable bonds is 1. The Morgan fingerprint density at radius 1 is 1.11 bits per heavy atom. The molecule has 3 aromatic rings. The molecule has 18 heavy (non-hydrogen) atoms. The van der Waals surface area contributed by atoms with Crippen molar-refractivity contribution in [1.82, 2.24) is 4.98 Å². The quantitative estimate of drug-likeness (QED) is 0.708. The molecule has 88 valence electrons. The molecule has 4 heteroatoms. The van der Waals surface area contributed by atoms with Crippen molar-refractivity contribution in [2.75, 3.05) is 0 Å². The largest absolute Gasteiger partial charge is 0.505 e. The molecule has 0 unspecified atom stereocenters. The van der Waals surface area contributed by atoms with Crippen molar-refractivity contribution in [3.8, 4) is 17.1 Å². The Morgan fingerprint density at radius 3 is 2.67 bits per heavy atom. The van der Waals surface area contributed by atoms with E-state index in [9.17, 15) is 9.90 Å². The molecule has 2 aromatic heterocycles. The fourth-order valence-corrected chi connectivity index (χ4v) is 1.84. The minimum Gasteiger partial charge on any atom is -0.505 e. The molecule has 0 saturated carbocycles. The van der Waals surface area contributed by atoms with Crippen LogP contribution in [0, 0.1) is 0 Å².